The molecular formula is C14H10N4O3. The number of hydrogen-bond acceptors (Lipinski definition) is 6. The van der Waals surface area contributed by atoms with Crippen molar-refractivity contribution in [2.24, 2.45) is 0 Å². The molecule has 4 N–H and O–H groups in total. The highest BCUT2D eigenvalue weighted by Gasteiger charge is 2.15. The van der Waals surface area contributed by atoms with Gasteiger partial charge in [0.15, 0.2) is 11.4 Å². The highest BCUT2D eigenvalue weighted by atomic mass is 16.3. The molecule has 3 rings (SSSR count). The molecule has 1 aromatic carbocycles. The first-order valence-electron chi connectivity index (χ1n) is 6.04. The normalized spacial score (nSPS) is 10.7. The first-order chi connectivity index (χ1) is 10.1. The number of carbonyl (C=O) groups is 1. The third kappa shape index (κ3) is 2.20. The van der Waals surface area contributed by atoms with E-state index in [4.69, 9.17) is 5.73 Å². The number of fused-ring (bicyclic) bond motifs is 1. The van der Waals surface area contributed by atoms with Crippen molar-refractivity contribution in [3.63, 3.8) is 0 Å². The third-order valence-electron chi connectivity index (χ3n) is 2.99. The number of aromatic nitrogens is 3. The number of H-pyrrole nitrogens is 1. The van der Waals surface area contributed by atoms with Gasteiger partial charge >= 0.3 is 0 Å². The molecule has 0 atom stereocenters. The van der Waals surface area contributed by atoms with Crippen molar-refractivity contribution in [3.05, 3.63) is 58.0 Å². The molecule has 7 nitrogen and oxygen atoms in total. The Labute approximate surface area is 118 Å². The molecule has 7 heteroatoms. The zero-order valence-corrected chi connectivity index (χ0v) is 10.7. The number of nitrogens with two attached hydrogens (primary N) is 1. The highest BCUT2D eigenvalue weighted by Crippen LogP contribution is 2.20. The number of ketones is 1. The number of aromatic amines is 1. The maximum absolute atomic E-state index is 12.3. The zero-order valence-electron chi connectivity index (χ0n) is 10.7. The summed E-state index contributed by atoms with van der Waals surface area (Å²) in [6.07, 6.45) is 1.29. The topological polar surface area (TPSA) is 122 Å². The van der Waals surface area contributed by atoms with E-state index in [2.05, 4.69) is 15.0 Å². The van der Waals surface area contributed by atoms with Crippen LogP contribution in [0.5, 0.6) is 5.75 Å². The average Bonchev–Trinajstić information content (AvgIpc) is 2.46. The summed E-state index contributed by atoms with van der Waals surface area (Å²) in [6.45, 7) is 0. The number of phenolic OH excluding ortho intramolecular Hbond substituents is 1. The molecule has 0 saturated heterocycles. The summed E-state index contributed by atoms with van der Waals surface area (Å²) in [5, 5.41) is 9.87. The summed E-state index contributed by atoms with van der Waals surface area (Å²) in [4.78, 5) is 34.3. The number of phenols is 1. The van der Waals surface area contributed by atoms with Crippen molar-refractivity contribution in [2.75, 3.05) is 5.73 Å². The predicted octanol–water partition coefficient (Wildman–Crippen LogP) is 0.837. The zero-order chi connectivity index (χ0) is 15.0. The molecule has 3 aromatic rings. The lowest BCUT2D eigenvalue weighted by molar-refractivity contribution is 0.103. The summed E-state index contributed by atoms with van der Waals surface area (Å²) in [7, 11) is 0. The van der Waals surface area contributed by atoms with Gasteiger partial charge in [-0.3, -0.25) is 14.6 Å². The van der Waals surface area contributed by atoms with Gasteiger partial charge in [0.25, 0.3) is 5.56 Å². The lowest BCUT2D eigenvalue weighted by Gasteiger charge is -2.04. The van der Waals surface area contributed by atoms with Crippen molar-refractivity contribution < 1.29 is 9.90 Å². The Morgan fingerprint density at radius 3 is 2.81 bits per heavy atom. The van der Waals surface area contributed by atoms with Crippen LogP contribution < -0.4 is 11.3 Å². The number of para-hydroxylation sites is 1. The van der Waals surface area contributed by atoms with Crippen LogP contribution in [0, 0.1) is 0 Å². The van der Waals surface area contributed by atoms with Crippen molar-refractivity contribution in [3.8, 4) is 5.75 Å². The Balaban J connectivity index is 2.16. The number of rotatable bonds is 2. The van der Waals surface area contributed by atoms with Crippen LogP contribution in [0.1, 0.15) is 15.9 Å². The van der Waals surface area contributed by atoms with E-state index < -0.39 is 11.3 Å². The summed E-state index contributed by atoms with van der Waals surface area (Å²) in [5.41, 5.74) is 5.43. The van der Waals surface area contributed by atoms with Gasteiger partial charge in [-0.15, -0.1) is 0 Å². The molecule has 0 unspecified atom stereocenters. The maximum Gasteiger partial charge on any atom is 0.261 e. The second-order valence-corrected chi connectivity index (χ2v) is 4.39. The number of nitrogens with one attached hydrogen (secondary N) is 1. The molecule has 0 aliphatic rings. The molecule has 0 radical (unpaired) electrons. The smallest absolute Gasteiger partial charge is 0.261 e. The van der Waals surface area contributed by atoms with E-state index in [0.717, 1.165) is 0 Å². The van der Waals surface area contributed by atoms with E-state index in [-0.39, 0.29) is 33.9 Å². The fourth-order valence-corrected chi connectivity index (χ4v) is 1.98. The molecule has 0 aliphatic heterocycles. The number of aromatic hydroxyl groups is 1. The molecule has 0 bridgehead atoms. The summed E-state index contributed by atoms with van der Waals surface area (Å²) in [5.74, 6) is -0.606. The van der Waals surface area contributed by atoms with Gasteiger partial charge in [-0.1, -0.05) is 12.1 Å². The number of anilines is 1. The number of carbonyl (C=O) groups excluding carboxylic acids is 1. The Morgan fingerprint density at radius 1 is 1.29 bits per heavy atom. The molecule has 0 spiro atoms. The van der Waals surface area contributed by atoms with Gasteiger partial charge < -0.3 is 10.8 Å². The standard InChI is InChI=1S/C14H10N4O3/c15-14-17-12-9(13(21)18-14)5-7(6-16-12)11(20)8-3-1-2-4-10(8)19/h1-6,19H,(H3,15,16,17,18,21). The Hall–Kier alpha value is -3.22. The molecule has 2 heterocycles. The van der Waals surface area contributed by atoms with Gasteiger partial charge in [0.1, 0.15) is 5.75 Å². The van der Waals surface area contributed by atoms with Gasteiger partial charge in [-0.25, -0.2) is 4.98 Å². The van der Waals surface area contributed by atoms with Crippen LogP contribution in [0.4, 0.5) is 5.95 Å². The molecular weight excluding hydrogens is 272 g/mol. The summed E-state index contributed by atoms with van der Waals surface area (Å²) >= 11 is 0. The number of hydrogen-bond donors (Lipinski definition) is 3. The van der Waals surface area contributed by atoms with E-state index in [1.807, 2.05) is 0 Å². The largest absolute Gasteiger partial charge is 0.507 e. The van der Waals surface area contributed by atoms with Gasteiger partial charge in [0.2, 0.25) is 5.95 Å². The predicted molar refractivity (Wildman–Crippen MR) is 76.1 cm³/mol. The van der Waals surface area contributed by atoms with E-state index in [1.165, 1.54) is 24.4 Å². The lowest BCUT2D eigenvalue weighted by Crippen LogP contribution is -2.13. The third-order valence-corrected chi connectivity index (χ3v) is 2.99. The molecule has 0 aliphatic carbocycles. The number of nitrogens with zero attached hydrogens (tertiary/aromatic N) is 2. The monoisotopic (exact) mass is 282 g/mol. The quantitative estimate of drug-likeness (QED) is 0.598. The molecule has 2 aromatic heterocycles. The Kier molecular flexibility index (Phi) is 2.87. The van der Waals surface area contributed by atoms with E-state index in [1.54, 1.807) is 12.1 Å². The maximum atomic E-state index is 12.3. The van der Waals surface area contributed by atoms with Crippen molar-refractivity contribution in [2.45, 2.75) is 0 Å². The van der Waals surface area contributed by atoms with Gasteiger partial charge in [-0.05, 0) is 18.2 Å². The van der Waals surface area contributed by atoms with Crippen LogP contribution in [0.2, 0.25) is 0 Å². The van der Waals surface area contributed by atoms with Crippen LogP contribution in [0.25, 0.3) is 11.0 Å². The molecule has 0 fully saturated rings. The highest BCUT2D eigenvalue weighted by molar-refractivity contribution is 6.11. The minimum absolute atomic E-state index is 0.0419. The minimum Gasteiger partial charge on any atom is -0.507 e. The second kappa shape index (κ2) is 4.71. The van der Waals surface area contributed by atoms with E-state index >= 15 is 0 Å². The first-order valence-corrected chi connectivity index (χ1v) is 6.04. The first kappa shape index (κ1) is 12.8. The van der Waals surface area contributed by atoms with Crippen LogP contribution in [0.3, 0.4) is 0 Å². The molecule has 0 saturated carbocycles. The number of pyridine rings is 1. The fourth-order valence-electron chi connectivity index (χ4n) is 1.98. The molecule has 0 amide bonds. The minimum atomic E-state index is -0.475. The SMILES string of the molecule is Nc1nc2ncc(C(=O)c3ccccc3O)cc2c(=O)[nH]1. The summed E-state index contributed by atoms with van der Waals surface area (Å²) < 4.78 is 0. The average molecular weight is 282 g/mol. The second-order valence-electron chi connectivity index (χ2n) is 4.39. The van der Waals surface area contributed by atoms with Crippen LogP contribution in [0.15, 0.2) is 41.3 Å². The molecule has 104 valence electrons. The number of benzene rings is 1. The van der Waals surface area contributed by atoms with Gasteiger partial charge in [-0.2, -0.15) is 4.98 Å². The van der Waals surface area contributed by atoms with E-state index in [0.29, 0.717) is 0 Å². The van der Waals surface area contributed by atoms with Crippen LogP contribution in [-0.4, -0.2) is 25.8 Å². The van der Waals surface area contributed by atoms with Crippen molar-refractivity contribution in [1.29, 1.82) is 0 Å². The van der Waals surface area contributed by atoms with Crippen LogP contribution in [-0.2, 0) is 0 Å². The van der Waals surface area contributed by atoms with Crippen LogP contribution >= 0.6 is 0 Å². The van der Waals surface area contributed by atoms with Crippen molar-refractivity contribution >= 4 is 22.8 Å². The Bertz CT molecular complexity index is 917. The lowest BCUT2D eigenvalue weighted by atomic mass is 10.0. The van der Waals surface area contributed by atoms with Crippen molar-refractivity contribution in [1.82, 2.24) is 15.0 Å². The fraction of sp³-hybridized carbons (Fsp3) is 0. The van der Waals surface area contributed by atoms with Gasteiger partial charge in [0.05, 0.1) is 10.9 Å². The van der Waals surface area contributed by atoms with Gasteiger partial charge in [0, 0.05) is 11.8 Å². The van der Waals surface area contributed by atoms with E-state index in [9.17, 15) is 14.7 Å². The number of nitrogen functional groups attached to an aromatic ring is 1. The molecule has 21 heavy (non-hydrogen) atoms. The summed E-state index contributed by atoms with van der Waals surface area (Å²) in [6, 6.07) is 7.53. The Morgan fingerprint density at radius 2 is 2.05 bits per heavy atom.